The zero-order chi connectivity index (χ0) is 69.4. The predicted molar refractivity (Wildman–Crippen MR) is 368 cm³/mol. The molecule has 23 heteroatoms. The number of hydrogen-bond donors (Lipinski definition) is 0. The summed E-state index contributed by atoms with van der Waals surface area (Å²) in [5.41, 5.74) is 1.65. The Bertz CT molecular complexity index is 1650. The van der Waals surface area contributed by atoms with Crippen LogP contribution in [-0.2, 0) is 109 Å². The van der Waals surface area contributed by atoms with Crippen molar-refractivity contribution in [3.8, 4) is 0 Å². The summed E-state index contributed by atoms with van der Waals surface area (Å²) in [7, 11) is 0. The molecule has 0 spiro atoms. The first-order valence-corrected chi connectivity index (χ1v) is 37.9. The molecule has 7 rings (SSSR count). The number of hydrogen-bond acceptors (Lipinski definition) is 23. The van der Waals surface area contributed by atoms with Crippen LogP contribution in [0.5, 0.6) is 0 Å². The summed E-state index contributed by atoms with van der Waals surface area (Å²) in [6.45, 7) is 46.5. The quantitative estimate of drug-likeness (QED) is 0.0409. The molecule has 0 aromatic rings. The van der Waals surface area contributed by atoms with E-state index in [0.29, 0.717) is 105 Å². The minimum Gasteiger partial charge on any atom is -0.381 e. The van der Waals surface area contributed by atoms with E-state index in [0.717, 1.165) is 242 Å². The molecule has 0 aromatic carbocycles. The van der Waals surface area contributed by atoms with E-state index in [1.807, 2.05) is 6.92 Å². The third kappa shape index (κ3) is 33.4. The van der Waals surface area contributed by atoms with Crippen molar-refractivity contribution in [3.63, 3.8) is 0 Å². The molecule has 1 unspecified atom stereocenters. The summed E-state index contributed by atoms with van der Waals surface area (Å²) in [5.74, 6) is 0. The highest BCUT2D eigenvalue weighted by atomic mass is 17.0. The third-order valence-electron chi connectivity index (χ3n) is 20.4. The van der Waals surface area contributed by atoms with E-state index in [1.165, 1.54) is 0 Å². The topological polar surface area (TPSA) is 212 Å². The first kappa shape index (κ1) is 86.7. The summed E-state index contributed by atoms with van der Waals surface area (Å²) in [6.07, 6.45) is 13.3. The van der Waals surface area contributed by atoms with Crippen molar-refractivity contribution in [1.82, 2.24) is 0 Å². The minimum absolute atomic E-state index is 0.152. The molecule has 0 bridgehead atoms. The van der Waals surface area contributed by atoms with Crippen LogP contribution >= 0.6 is 0 Å². The molecular weight excluding hydrogens is 1260 g/mol. The van der Waals surface area contributed by atoms with Crippen LogP contribution in [-0.4, -0.2) is 283 Å². The number of unbranched alkanes of at least 4 members (excludes halogenated alkanes) is 4. The fourth-order valence-corrected chi connectivity index (χ4v) is 11.2. The standard InChI is InChI=1S/C49H92O16.C15H28O4.C10H20O3/c1-5-45(37-58-38-45)33-54-21-13-9-17-50-25-29-62-49(63-30-26-51-18-10-14-22-55-34-46(6-2)39-59-40-46,64-31-27-52-19-11-15-23-56-35-47(7-3)41-60-42-47)65-32-28-53-20-12-16-24-57-36-48(8-4)43-61-44-48;1-4-14(8-17-9-14)7-16-6-13(3)19-12-15(5-2)10-18-11-15;1-3-10(8-13-9-10)7-12-6-5-11-4-2/h5-44H2,1-4H3;13H,4-12H2,1-3H3;3-9H2,1-2H3. The van der Waals surface area contributed by atoms with Crippen LogP contribution in [0.25, 0.3) is 0 Å². The summed E-state index contributed by atoms with van der Waals surface area (Å²) in [5, 5.41) is 0. The van der Waals surface area contributed by atoms with E-state index in [4.69, 9.17) is 109 Å². The van der Waals surface area contributed by atoms with E-state index in [2.05, 4.69) is 55.4 Å². The molecule has 7 saturated heterocycles. The van der Waals surface area contributed by atoms with Crippen molar-refractivity contribution in [1.29, 1.82) is 0 Å². The molecule has 97 heavy (non-hydrogen) atoms. The average Bonchev–Trinajstić information content (AvgIpc) is 0.948. The second kappa shape index (κ2) is 50.5. The maximum atomic E-state index is 6.24. The lowest BCUT2D eigenvalue weighted by Crippen LogP contribution is -2.47. The molecule has 0 saturated carbocycles. The molecular formula is C74H140O23. The fraction of sp³-hybridized carbons (Fsp3) is 1.00. The Morgan fingerprint density at radius 1 is 0.247 bits per heavy atom. The Labute approximate surface area is 586 Å². The van der Waals surface area contributed by atoms with Crippen molar-refractivity contribution >= 4 is 0 Å². The Balaban J connectivity index is 0.000000427. The SMILES string of the molecule is CCC1(COCC(C)OCC2(CC)COC2)COC1.CCC1(COCCCCOCCOC(OCCOCCCCOCC2(CC)COC2)(OCCOCCCCOCC2(CC)COC2)OCCOCCCCOCC2(CC)COC2)COC1.CCOCCOCC1(CC)COC1. The molecule has 7 fully saturated rings. The van der Waals surface area contributed by atoms with Crippen LogP contribution in [0.2, 0.25) is 0 Å². The molecule has 1 atom stereocenters. The average molecular weight is 1400 g/mol. The van der Waals surface area contributed by atoms with Crippen LogP contribution < -0.4 is 0 Å². The molecule has 7 heterocycles. The van der Waals surface area contributed by atoms with E-state index < -0.39 is 6.16 Å². The van der Waals surface area contributed by atoms with Gasteiger partial charge in [0.2, 0.25) is 0 Å². The van der Waals surface area contributed by atoms with Crippen LogP contribution in [0.1, 0.15) is 159 Å². The second-order valence-electron chi connectivity index (χ2n) is 28.7. The van der Waals surface area contributed by atoms with Crippen LogP contribution in [0, 0.1) is 37.9 Å². The van der Waals surface area contributed by atoms with E-state index in [9.17, 15) is 0 Å². The van der Waals surface area contributed by atoms with Crippen molar-refractivity contribution in [2.45, 2.75) is 171 Å². The molecule has 0 aliphatic carbocycles. The largest absolute Gasteiger partial charge is 0.413 e. The van der Waals surface area contributed by atoms with Gasteiger partial charge in [-0.2, -0.15) is 0 Å². The summed E-state index contributed by atoms with van der Waals surface area (Å²) < 4.78 is 132. The molecule has 7 aliphatic heterocycles. The van der Waals surface area contributed by atoms with Gasteiger partial charge >= 0.3 is 6.16 Å². The Kier molecular flexibility index (Phi) is 45.2. The maximum absolute atomic E-state index is 6.24. The van der Waals surface area contributed by atoms with Gasteiger partial charge in [-0.15, -0.1) is 0 Å². The first-order valence-electron chi connectivity index (χ1n) is 37.9. The van der Waals surface area contributed by atoms with E-state index in [1.54, 1.807) is 0 Å². The minimum atomic E-state index is -1.79. The van der Waals surface area contributed by atoms with Gasteiger partial charge in [-0.3, -0.25) is 0 Å². The second-order valence-corrected chi connectivity index (χ2v) is 28.7. The lowest BCUT2D eigenvalue weighted by atomic mass is 9.84. The van der Waals surface area contributed by atoms with Gasteiger partial charge in [-0.1, -0.05) is 48.5 Å². The maximum Gasteiger partial charge on any atom is 0.413 e. The lowest BCUT2D eigenvalue weighted by Gasteiger charge is -2.41. The lowest BCUT2D eigenvalue weighted by molar-refractivity contribution is -0.501. The van der Waals surface area contributed by atoms with Gasteiger partial charge in [-0.25, -0.2) is 0 Å². The Hall–Kier alpha value is -0.920. The van der Waals surface area contributed by atoms with Gasteiger partial charge in [0.1, 0.15) is 0 Å². The highest BCUT2D eigenvalue weighted by Crippen LogP contribution is 2.36. The molecule has 0 amide bonds. The highest BCUT2D eigenvalue weighted by molar-refractivity contribution is 4.88. The van der Waals surface area contributed by atoms with Crippen molar-refractivity contribution in [2.75, 3.05) is 271 Å². The number of rotatable bonds is 64. The van der Waals surface area contributed by atoms with Gasteiger partial charge in [0.05, 0.1) is 218 Å². The summed E-state index contributed by atoms with van der Waals surface area (Å²) in [6, 6.07) is 0. The van der Waals surface area contributed by atoms with Crippen molar-refractivity contribution in [2.24, 2.45) is 37.9 Å². The van der Waals surface area contributed by atoms with E-state index >= 15 is 0 Å². The van der Waals surface area contributed by atoms with Gasteiger partial charge in [-0.05, 0) is 110 Å². The Morgan fingerprint density at radius 2 is 0.454 bits per heavy atom. The van der Waals surface area contributed by atoms with Crippen LogP contribution in [0.4, 0.5) is 0 Å². The zero-order valence-corrected chi connectivity index (χ0v) is 62.6. The third-order valence-corrected chi connectivity index (χ3v) is 20.4. The molecule has 0 N–H and O–H groups in total. The first-order chi connectivity index (χ1) is 47.4. The molecule has 7 aliphatic rings. The zero-order valence-electron chi connectivity index (χ0n) is 62.6. The smallest absolute Gasteiger partial charge is 0.381 e. The van der Waals surface area contributed by atoms with Crippen LogP contribution in [0.3, 0.4) is 0 Å². The monoisotopic (exact) mass is 1400 g/mol. The molecule has 574 valence electrons. The van der Waals surface area contributed by atoms with Crippen molar-refractivity contribution < 1.29 is 109 Å². The summed E-state index contributed by atoms with van der Waals surface area (Å²) >= 11 is 0. The molecule has 23 nitrogen and oxygen atoms in total. The van der Waals surface area contributed by atoms with Crippen molar-refractivity contribution in [3.05, 3.63) is 0 Å². The van der Waals surface area contributed by atoms with Gasteiger partial charge in [0.15, 0.2) is 0 Å². The summed E-state index contributed by atoms with van der Waals surface area (Å²) in [4.78, 5) is 0. The van der Waals surface area contributed by atoms with Gasteiger partial charge in [0.25, 0.3) is 0 Å². The fourth-order valence-electron chi connectivity index (χ4n) is 11.2. The normalized spacial score (nSPS) is 20.6. The highest BCUT2D eigenvalue weighted by Gasteiger charge is 2.42. The molecule has 0 aromatic heterocycles. The van der Waals surface area contributed by atoms with Gasteiger partial charge in [0, 0.05) is 97.4 Å². The van der Waals surface area contributed by atoms with E-state index in [-0.39, 0.29) is 65.0 Å². The van der Waals surface area contributed by atoms with Crippen LogP contribution in [0.15, 0.2) is 0 Å². The molecule has 0 radical (unpaired) electrons. The number of ether oxygens (including phenoxy) is 23. The van der Waals surface area contributed by atoms with Gasteiger partial charge < -0.3 is 109 Å². The predicted octanol–water partition coefficient (Wildman–Crippen LogP) is 10.4. The Morgan fingerprint density at radius 3 is 0.680 bits per heavy atom.